The lowest BCUT2D eigenvalue weighted by molar-refractivity contribution is -0.875. The van der Waals surface area contributed by atoms with Gasteiger partial charge in [0.1, 0.15) is 6.54 Å². The van der Waals surface area contributed by atoms with E-state index in [-0.39, 0.29) is 13.0 Å². The number of quaternary nitrogens is 1. The second-order valence-corrected chi connectivity index (χ2v) is 13.3. The number of unbranched alkanes of at least 4 members (excludes halogenated alkanes) is 15. The van der Waals surface area contributed by atoms with Crippen molar-refractivity contribution in [3.05, 3.63) is 24.3 Å². The minimum Gasteiger partial charge on any atom is -0.373 e. The van der Waals surface area contributed by atoms with Crippen molar-refractivity contribution >= 4 is 7.60 Å². The summed E-state index contributed by atoms with van der Waals surface area (Å²) >= 11 is 0. The summed E-state index contributed by atoms with van der Waals surface area (Å²) in [6.07, 6.45) is 31.5. The van der Waals surface area contributed by atoms with E-state index >= 15 is 0 Å². The van der Waals surface area contributed by atoms with E-state index in [1.807, 2.05) is 27.2 Å². The Morgan fingerprint density at radius 2 is 0.971 bits per heavy atom. The zero-order valence-electron chi connectivity index (χ0n) is 23.6. The van der Waals surface area contributed by atoms with Gasteiger partial charge >= 0.3 is 7.60 Å². The smallest absolute Gasteiger partial charge is 0.362 e. The lowest BCUT2D eigenvalue weighted by Crippen LogP contribution is -2.49. The Balaban J connectivity index is 3.56. The first-order chi connectivity index (χ1) is 16.5. The summed E-state index contributed by atoms with van der Waals surface area (Å²) < 4.78 is 12.1. The maximum atomic E-state index is 11.8. The van der Waals surface area contributed by atoms with E-state index in [9.17, 15) is 19.5 Å². The molecule has 5 nitrogen and oxygen atoms in total. The molecule has 0 aromatic carbocycles. The molecule has 3 N–H and O–H groups in total. The van der Waals surface area contributed by atoms with Gasteiger partial charge in [0.15, 0.2) is 0 Å². The summed E-state index contributed by atoms with van der Waals surface area (Å²) in [7, 11) is 0.903. The first-order valence-electron chi connectivity index (χ1n) is 14.4. The van der Waals surface area contributed by atoms with Gasteiger partial charge in [0.05, 0.1) is 21.1 Å². The molecule has 0 saturated heterocycles. The quantitative estimate of drug-likeness (QED) is 0.0524. The molecule has 1 atom stereocenters. The fraction of sp³-hybridized carbons (Fsp3) is 0.862. The summed E-state index contributed by atoms with van der Waals surface area (Å²) in [4.78, 5) is 19.2. The summed E-state index contributed by atoms with van der Waals surface area (Å²) in [5.74, 6) is 0. The van der Waals surface area contributed by atoms with E-state index in [2.05, 4.69) is 25.2 Å². The number of rotatable bonds is 24. The average molecular weight is 517 g/mol. The molecular formula is C29H59NO4P+. The Morgan fingerprint density at radius 1 is 0.629 bits per heavy atom. The fourth-order valence-corrected chi connectivity index (χ4v) is 5.51. The monoisotopic (exact) mass is 516 g/mol. The van der Waals surface area contributed by atoms with Gasteiger partial charge in [-0.05, 0) is 44.9 Å². The van der Waals surface area contributed by atoms with Crippen molar-refractivity contribution in [2.45, 2.75) is 134 Å². The van der Waals surface area contributed by atoms with Crippen LogP contribution in [0.15, 0.2) is 24.3 Å². The topological polar surface area (TPSA) is 77.8 Å². The van der Waals surface area contributed by atoms with Gasteiger partial charge in [-0.2, -0.15) is 0 Å². The van der Waals surface area contributed by atoms with Crippen LogP contribution >= 0.6 is 7.60 Å². The maximum absolute atomic E-state index is 11.8. The fourth-order valence-electron chi connectivity index (χ4n) is 4.48. The van der Waals surface area contributed by atoms with Gasteiger partial charge in [-0.25, -0.2) is 0 Å². The van der Waals surface area contributed by atoms with Gasteiger partial charge in [0.2, 0.25) is 5.34 Å². The minimum absolute atomic E-state index is 0.0299. The summed E-state index contributed by atoms with van der Waals surface area (Å²) in [5, 5.41) is 8.58. The van der Waals surface area contributed by atoms with Gasteiger partial charge < -0.3 is 19.4 Å². The third-order valence-corrected chi connectivity index (χ3v) is 7.98. The van der Waals surface area contributed by atoms with Crippen LogP contribution in [0.2, 0.25) is 0 Å². The van der Waals surface area contributed by atoms with Crippen molar-refractivity contribution in [2.24, 2.45) is 0 Å². The minimum atomic E-state index is -4.58. The molecule has 0 fully saturated rings. The molecule has 0 aromatic heterocycles. The summed E-state index contributed by atoms with van der Waals surface area (Å²) in [6, 6.07) is 0. The van der Waals surface area contributed by atoms with Crippen LogP contribution in [0.4, 0.5) is 0 Å². The number of hydrogen-bond donors (Lipinski definition) is 3. The lowest BCUT2D eigenvalue weighted by Gasteiger charge is -2.35. The Morgan fingerprint density at radius 3 is 1.31 bits per heavy atom. The van der Waals surface area contributed by atoms with Gasteiger partial charge in [0, 0.05) is 0 Å². The predicted octanol–water partition coefficient (Wildman–Crippen LogP) is 8.10. The summed E-state index contributed by atoms with van der Waals surface area (Å²) in [6.45, 7) is 2.28. The van der Waals surface area contributed by atoms with E-state index in [4.69, 9.17) is 0 Å². The van der Waals surface area contributed by atoms with Crippen molar-refractivity contribution in [1.29, 1.82) is 0 Å². The average Bonchev–Trinajstić information content (AvgIpc) is 2.75. The van der Waals surface area contributed by atoms with Gasteiger partial charge in [-0.3, -0.25) is 4.57 Å². The van der Waals surface area contributed by atoms with Crippen LogP contribution in [-0.4, -0.2) is 52.4 Å². The Bertz CT molecular complexity index is 594. The number of aliphatic hydroxyl groups is 1. The first-order valence-corrected chi connectivity index (χ1v) is 16.0. The number of likely N-dealkylation sites (N-methyl/N-ethyl adjacent to an activating group) is 1. The molecule has 0 rings (SSSR count). The van der Waals surface area contributed by atoms with E-state index in [1.165, 1.54) is 96.3 Å². The van der Waals surface area contributed by atoms with Crippen LogP contribution < -0.4 is 0 Å². The van der Waals surface area contributed by atoms with Gasteiger partial charge in [-0.15, -0.1) is 0 Å². The van der Waals surface area contributed by atoms with E-state index in [0.29, 0.717) is 10.9 Å². The maximum Gasteiger partial charge on any atom is 0.362 e. The number of nitrogens with zero attached hydrogens (tertiary/aromatic N) is 1. The molecule has 0 aliphatic rings. The lowest BCUT2D eigenvalue weighted by atomic mass is 10.0. The van der Waals surface area contributed by atoms with Crippen LogP contribution in [0.1, 0.15) is 129 Å². The van der Waals surface area contributed by atoms with E-state index in [0.717, 1.165) is 12.8 Å². The number of hydrogen-bond acceptors (Lipinski definition) is 2. The highest BCUT2D eigenvalue weighted by Gasteiger charge is 2.48. The van der Waals surface area contributed by atoms with Crippen molar-refractivity contribution in [1.82, 2.24) is 0 Å². The highest BCUT2D eigenvalue weighted by atomic mass is 31.2. The third-order valence-electron chi connectivity index (χ3n) is 6.53. The Labute approximate surface area is 217 Å². The van der Waals surface area contributed by atoms with Crippen LogP contribution in [-0.2, 0) is 4.57 Å². The first kappa shape index (κ1) is 34.6. The van der Waals surface area contributed by atoms with Crippen LogP contribution in [0.5, 0.6) is 0 Å². The molecule has 0 saturated carbocycles. The van der Waals surface area contributed by atoms with Crippen molar-refractivity contribution in [3.63, 3.8) is 0 Å². The molecule has 35 heavy (non-hydrogen) atoms. The van der Waals surface area contributed by atoms with Crippen LogP contribution in [0, 0.1) is 0 Å². The van der Waals surface area contributed by atoms with Crippen LogP contribution in [0.25, 0.3) is 0 Å². The third kappa shape index (κ3) is 21.4. The van der Waals surface area contributed by atoms with E-state index < -0.39 is 12.9 Å². The molecule has 0 amide bonds. The molecule has 0 aromatic rings. The molecule has 0 aliphatic heterocycles. The summed E-state index contributed by atoms with van der Waals surface area (Å²) in [5.41, 5.74) is 0. The zero-order chi connectivity index (χ0) is 26.5. The standard InChI is InChI=1S/C29H58NO4P/c1-5-6-7-8-9-10-11-12-13-14-15-16-17-18-19-20-21-22-23-24-25-26-27-29(31,35(32,33)34)28-30(2,3)4/h8-9,24-25,31H,5-7,10-23,26-28H2,1-4H3,(H-,32,33,34)/p+1/b9-8-,25-24-. The molecule has 0 heterocycles. The molecule has 0 spiro atoms. The second-order valence-electron chi connectivity index (χ2n) is 11.4. The Kier molecular flexibility index (Phi) is 20.3. The molecule has 6 heteroatoms. The van der Waals surface area contributed by atoms with Gasteiger partial charge in [-0.1, -0.05) is 108 Å². The zero-order valence-corrected chi connectivity index (χ0v) is 24.5. The number of allylic oxidation sites excluding steroid dienone is 4. The predicted molar refractivity (Wildman–Crippen MR) is 152 cm³/mol. The largest absolute Gasteiger partial charge is 0.373 e. The van der Waals surface area contributed by atoms with Crippen molar-refractivity contribution in [2.75, 3.05) is 27.7 Å². The van der Waals surface area contributed by atoms with Gasteiger partial charge in [0.25, 0.3) is 0 Å². The van der Waals surface area contributed by atoms with Crippen LogP contribution in [0.3, 0.4) is 0 Å². The molecule has 208 valence electrons. The van der Waals surface area contributed by atoms with Crippen molar-refractivity contribution < 1.29 is 23.9 Å². The molecule has 0 bridgehead atoms. The highest BCUT2D eigenvalue weighted by Crippen LogP contribution is 2.52. The SMILES string of the molecule is CCCC/C=C\CCCCCCCCCCCCCC/C=C\CCC(O)(C[N+](C)(C)C)P(=O)(O)O. The normalized spacial score (nSPS) is 14.8. The van der Waals surface area contributed by atoms with Crippen molar-refractivity contribution in [3.8, 4) is 0 Å². The molecule has 0 aliphatic carbocycles. The highest BCUT2D eigenvalue weighted by molar-refractivity contribution is 7.53. The molecular weight excluding hydrogens is 457 g/mol. The van der Waals surface area contributed by atoms with E-state index in [1.54, 1.807) is 0 Å². The molecule has 0 radical (unpaired) electrons. The Hall–Kier alpha value is -0.450. The molecule has 1 unspecified atom stereocenters. The second kappa shape index (κ2) is 20.6.